The number of benzene rings is 1. The number of hydrogen-bond donors (Lipinski definition) is 0. The maximum atomic E-state index is 13.1. The van der Waals surface area contributed by atoms with Crippen LogP contribution in [0.4, 0.5) is 0 Å². The average Bonchev–Trinajstić information content (AvgIpc) is 3.58. The Kier molecular flexibility index (Phi) is 5.40. The van der Waals surface area contributed by atoms with E-state index in [4.69, 9.17) is 4.98 Å². The van der Waals surface area contributed by atoms with E-state index >= 15 is 0 Å². The molecule has 0 N–H and O–H groups in total. The van der Waals surface area contributed by atoms with Crippen LogP contribution in [0.2, 0.25) is 0 Å². The fraction of sp³-hybridized carbons (Fsp3) is 0.407. The Morgan fingerprint density at radius 1 is 0.943 bits per heavy atom. The van der Waals surface area contributed by atoms with Crippen LogP contribution in [-0.4, -0.2) is 55.3 Å². The molecule has 0 spiro atoms. The quantitative estimate of drug-likeness (QED) is 0.530. The van der Waals surface area contributed by atoms with Crippen molar-refractivity contribution in [3.05, 3.63) is 53.2 Å². The van der Waals surface area contributed by atoms with Crippen molar-refractivity contribution in [2.24, 2.45) is 0 Å². The highest BCUT2D eigenvalue weighted by Crippen LogP contribution is 2.33. The highest BCUT2D eigenvalue weighted by molar-refractivity contribution is 6.04. The van der Waals surface area contributed by atoms with Gasteiger partial charge in [0.15, 0.2) is 0 Å². The van der Waals surface area contributed by atoms with E-state index in [1.54, 1.807) is 6.07 Å². The van der Waals surface area contributed by atoms with Crippen molar-refractivity contribution in [2.45, 2.75) is 58.7 Å². The largest absolute Gasteiger partial charge is 0.333 e. The molecule has 0 atom stereocenters. The van der Waals surface area contributed by atoms with Gasteiger partial charge in [-0.2, -0.15) is 5.01 Å². The van der Waals surface area contributed by atoms with Crippen LogP contribution in [0, 0.1) is 0 Å². The summed E-state index contributed by atoms with van der Waals surface area (Å²) < 4.78 is 2.17. The van der Waals surface area contributed by atoms with Gasteiger partial charge in [-0.05, 0) is 74.7 Å². The number of hydrazine groups is 1. The first kappa shape index (κ1) is 22.0. The minimum atomic E-state index is -0.304. The number of imide groups is 1. The van der Waals surface area contributed by atoms with Crippen LogP contribution < -0.4 is 0 Å². The lowest BCUT2D eigenvalue weighted by Crippen LogP contribution is -2.51. The number of amides is 3. The van der Waals surface area contributed by atoms with Crippen LogP contribution in [0.1, 0.15) is 60.5 Å². The number of piperidine rings is 1. The standard InChI is InChI=1S/C27H29N5O3/c1-2-30-13-10-21-20(16-29-11-3-4-12-29)15-23(28-26(21)30)18-8-9-22-19(14-18)17-31(27(22)35)32-24(33)6-5-7-25(32)34/h8-10,13-15H,2-7,11-12,16-17H2,1H3. The average molecular weight is 472 g/mol. The molecule has 6 rings (SSSR count). The van der Waals surface area contributed by atoms with Crippen LogP contribution in [0.3, 0.4) is 0 Å². The van der Waals surface area contributed by atoms with E-state index in [1.807, 2.05) is 12.1 Å². The highest BCUT2D eigenvalue weighted by Gasteiger charge is 2.39. The molecule has 35 heavy (non-hydrogen) atoms. The summed E-state index contributed by atoms with van der Waals surface area (Å²) in [6.45, 7) is 6.32. The number of fused-ring (bicyclic) bond motifs is 2. The number of likely N-dealkylation sites (tertiary alicyclic amines) is 1. The lowest BCUT2D eigenvalue weighted by Gasteiger charge is -2.32. The van der Waals surface area contributed by atoms with Gasteiger partial charge >= 0.3 is 0 Å². The van der Waals surface area contributed by atoms with Gasteiger partial charge in [-0.15, -0.1) is 0 Å². The molecular formula is C27H29N5O3. The number of hydrogen-bond acceptors (Lipinski definition) is 5. The predicted octanol–water partition coefficient (Wildman–Crippen LogP) is 3.73. The summed E-state index contributed by atoms with van der Waals surface area (Å²) in [4.78, 5) is 45.4. The van der Waals surface area contributed by atoms with Crippen LogP contribution in [0.25, 0.3) is 22.3 Å². The fourth-order valence-electron chi connectivity index (χ4n) is 5.58. The minimum absolute atomic E-state index is 0.216. The molecule has 0 saturated carbocycles. The van der Waals surface area contributed by atoms with Gasteiger partial charge < -0.3 is 4.57 Å². The SMILES string of the molecule is CCn1ccc2c(CN3CCCC3)cc(-c3ccc4c(c3)CN(N3C(=O)CCCC3=O)C4=O)nc21. The smallest absolute Gasteiger partial charge is 0.273 e. The Labute approximate surface area is 204 Å². The van der Waals surface area contributed by atoms with Crippen molar-refractivity contribution in [1.82, 2.24) is 24.5 Å². The molecule has 3 amide bonds. The number of carbonyl (C=O) groups excluding carboxylic acids is 3. The summed E-state index contributed by atoms with van der Waals surface area (Å²) in [5, 5.41) is 3.54. The summed E-state index contributed by atoms with van der Waals surface area (Å²) in [6.07, 6.45) is 5.71. The Morgan fingerprint density at radius 2 is 1.71 bits per heavy atom. The second kappa shape index (κ2) is 8.61. The van der Waals surface area contributed by atoms with Crippen molar-refractivity contribution in [1.29, 1.82) is 0 Å². The third-order valence-electron chi connectivity index (χ3n) is 7.43. The first-order chi connectivity index (χ1) is 17.0. The van der Waals surface area contributed by atoms with Crippen molar-refractivity contribution < 1.29 is 14.4 Å². The normalized spacial score (nSPS) is 18.8. The number of rotatable bonds is 5. The Balaban J connectivity index is 1.37. The lowest BCUT2D eigenvalue weighted by atomic mass is 10.0. The molecule has 0 unspecified atom stereocenters. The summed E-state index contributed by atoms with van der Waals surface area (Å²) in [5.41, 5.74) is 5.40. The van der Waals surface area contributed by atoms with E-state index in [0.717, 1.165) is 53.7 Å². The van der Waals surface area contributed by atoms with E-state index in [2.05, 4.69) is 34.7 Å². The summed E-state index contributed by atoms with van der Waals surface area (Å²) >= 11 is 0. The van der Waals surface area contributed by atoms with E-state index in [1.165, 1.54) is 28.8 Å². The second-order valence-electron chi connectivity index (χ2n) is 9.68. The number of aromatic nitrogens is 2. The molecule has 2 aromatic heterocycles. The molecule has 0 aliphatic carbocycles. The van der Waals surface area contributed by atoms with Gasteiger partial charge in [-0.25, -0.2) is 9.99 Å². The fourth-order valence-corrected chi connectivity index (χ4v) is 5.58. The zero-order valence-corrected chi connectivity index (χ0v) is 20.0. The maximum Gasteiger partial charge on any atom is 0.273 e. The predicted molar refractivity (Wildman–Crippen MR) is 131 cm³/mol. The first-order valence-electron chi connectivity index (χ1n) is 12.6. The first-order valence-corrected chi connectivity index (χ1v) is 12.6. The zero-order valence-electron chi connectivity index (χ0n) is 20.0. The van der Waals surface area contributed by atoms with Gasteiger partial charge in [0.1, 0.15) is 5.65 Å². The highest BCUT2D eigenvalue weighted by atomic mass is 16.2. The Morgan fingerprint density at radius 3 is 2.46 bits per heavy atom. The van der Waals surface area contributed by atoms with Gasteiger partial charge in [-0.1, -0.05) is 6.07 Å². The maximum absolute atomic E-state index is 13.1. The zero-order chi connectivity index (χ0) is 24.1. The molecule has 180 valence electrons. The Bertz CT molecular complexity index is 1340. The third kappa shape index (κ3) is 3.72. The van der Waals surface area contributed by atoms with Crippen molar-refractivity contribution in [3.63, 3.8) is 0 Å². The van der Waals surface area contributed by atoms with Gasteiger partial charge in [0.05, 0.1) is 12.2 Å². The van der Waals surface area contributed by atoms with Crippen molar-refractivity contribution >= 4 is 28.8 Å². The second-order valence-corrected chi connectivity index (χ2v) is 9.68. The summed E-state index contributed by atoms with van der Waals surface area (Å²) in [5.74, 6) is -0.906. The van der Waals surface area contributed by atoms with Gasteiger partial charge in [-0.3, -0.25) is 19.3 Å². The molecule has 3 aliphatic rings. The number of pyridine rings is 1. The molecule has 8 nitrogen and oxygen atoms in total. The minimum Gasteiger partial charge on any atom is -0.333 e. The molecule has 5 heterocycles. The van der Waals surface area contributed by atoms with Crippen LogP contribution >= 0.6 is 0 Å². The molecule has 2 fully saturated rings. The van der Waals surface area contributed by atoms with Gasteiger partial charge in [0.2, 0.25) is 11.8 Å². The van der Waals surface area contributed by atoms with E-state index in [0.29, 0.717) is 12.0 Å². The molecular weight excluding hydrogens is 442 g/mol. The topological polar surface area (TPSA) is 78.8 Å². The van der Waals surface area contributed by atoms with E-state index in [-0.39, 0.29) is 37.1 Å². The van der Waals surface area contributed by atoms with Gasteiger partial charge in [0.25, 0.3) is 5.91 Å². The van der Waals surface area contributed by atoms with Crippen LogP contribution in [0.15, 0.2) is 36.5 Å². The van der Waals surface area contributed by atoms with Gasteiger partial charge in [0, 0.05) is 48.6 Å². The van der Waals surface area contributed by atoms with E-state index in [9.17, 15) is 14.4 Å². The number of aryl methyl sites for hydroxylation is 1. The Hall–Kier alpha value is -3.52. The summed E-state index contributed by atoms with van der Waals surface area (Å²) in [7, 11) is 0. The summed E-state index contributed by atoms with van der Waals surface area (Å²) in [6, 6.07) is 10.0. The molecule has 3 aromatic rings. The monoisotopic (exact) mass is 471 g/mol. The van der Waals surface area contributed by atoms with Crippen molar-refractivity contribution in [3.8, 4) is 11.3 Å². The molecule has 8 heteroatoms. The van der Waals surface area contributed by atoms with E-state index < -0.39 is 0 Å². The number of carbonyl (C=O) groups is 3. The third-order valence-corrected chi connectivity index (χ3v) is 7.43. The van der Waals surface area contributed by atoms with Crippen molar-refractivity contribution in [2.75, 3.05) is 13.1 Å². The number of nitrogens with zero attached hydrogens (tertiary/aromatic N) is 5. The molecule has 0 radical (unpaired) electrons. The molecule has 2 saturated heterocycles. The molecule has 3 aliphatic heterocycles. The van der Waals surface area contributed by atoms with Crippen LogP contribution in [-0.2, 0) is 29.2 Å². The molecule has 0 bridgehead atoms. The molecule has 1 aromatic carbocycles. The van der Waals surface area contributed by atoms with Crippen LogP contribution in [0.5, 0.6) is 0 Å². The lowest BCUT2D eigenvalue weighted by molar-refractivity contribution is -0.163.